The van der Waals surface area contributed by atoms with Crippen molar-refractivity contribution in [1.82, 2.24) is 10.2 Å². The van der Waals surface area contributed by atoms with Gasteiger partial charge in [-0.25, -0.2) is 4.39 Å². The Labute approximate surface area is 163 Å². The van der Waals surface area contributed by atoms with Gasteiger partial charge in [-0.3, -0.25) is 24.6 Å². The molecule has 0 unspecified atom stereocenters. The summed E-state index contributed by atoms with van der Waals surface area (Å²) in [7, 11) is 0. The fourth-order valence-electron chi connectivity index (χ4n) is 5.12. The van der Waals surface area contributed by atoms with Crippen LogP contribution in [0.5, 0.6) is 0 Å². The summed E-state index contributed by atoms with van der Waals surface area (Å²) in [4.78, 5) is 41.2. The molecule has 1 aromatic carbocycles. The number of nitrogens with one attached hydrogen (secondary N) is 2. The number of carbonyl (C=O) groups is 3. The van der Waals surface area contributed by atoms with Gasteiger partial charge in [-0.15, -0.1) is 0 Å². The summed E-state index contributed by atoms with van der Waals surface area (Å²) in [5.41, 5.74) is -0.493. The predicted molar refractivity (Wildman–Crippen MR) is 102 cm³/mol. The number of benzene rings is 1. The average Bonchev–Trinajstić information content (AvgIpc) is 3.20. The van der Waals surface area contributed by atoms with Gasteiger partial charge in [0.1, 0.15) is 11.4 Å². The van der Waals surface area contributed by atoms with Crippen LogP contribution >= 0.6 is 0 Å². The lowest BCUT2D eigenvalue weighted by Crippen LogP contribution is -2.54. The van der Waals surface area contributed by atoms with E-state index >= 15 is 0 Å². The Balaban J connectivity index is 1.89. The zero-order chi connectivity index (χ0) is 20.4. The summed E-state index contributed by atoms with van der Waals surface area (Å²) < 4.78 is 14.1. The van der Waals surface area contributed by atoms with E-state index in [2.05, 4.69) is 10.6 Å². The molecule has 3 aliphatic heterocycles. The van der Waals surface area contributed by atoms with Crippen LogP contribution in [0.25, 0.3) is 0 Å². The van der Waals surface area contributed by atoms with Crippen LogP contribution in [0.4, 0.5) is 10.1 Å². The topological polar surface area (TPSA) is 78.5 Å². The zero-order valence-electron chi connectivity index (χ0n) is 16.6. The molecule has 0 radical (unpaired) electrons. The minimum atomic E-state index is -1.41. The minimum Gasteiger partial charge on any atom is -0.324 e. The molecule has 0 saturated carbocycles. The number of rotatable bonds is 4. The molecule has 150 valence electrons. The molecule has 0 aromatic heterocycles. The Bertz CT molecular complexity index is 870. The number of amides is 3. The molecule has 3 heterocycles. The second kappa shape index (κ2) is 6.37. The van der Waals surface area contributed by atoms with Gasteiger partial charge in [0.25, 0.3) is 0 Å². The Morgan fingerprint density at radius 1 is 1.18 bits per heavy atom. The Morgan fingerprint density at radius 3 is 2.54 bits per heavy atom. The third-order valence-electron chi connectivity index (χ3n) is 6.47. The van der Waals surface area contributed by atoms with E-state index in [4.69, 9.17) is 0 Å². The van der Waals surface area contributed by atoms with Gasteiger partial charge < -0.3 is 5.32 Å². The molecule has 4 rings (SSSR count). The number of nitrogens with zero attached hydrogens (tertiary/aromatic N) is 1. The van der Waals surface area contributed by atoms with Crippen molar-refractivity contribution in [2.24, 2.45) is 17.8 Å². The maximum absolute atomic E-state index is 14.1. The Morgan fingerprint density at radius 2 is 1.89 bits per heavy atom. The first-order chi connectivity index (χ1) is 13.2. The lowest BCUT2D eigenvalue weighted by molar-refractivity contribution is -0.145. The van der Waals surface area contributed by atoms with Crippen LogP contribution in [0.15, 0.2) is 18.2 Å². The molecule has 3 amide bonds. The predicted octanol–water partition coefficient (Wildman–Crippen LogP) is 2.39. The number of hydrogen-bond donors (Lipinski definition) is 2. The zero-order valence-corrected chi connectivity index (χ0v) is 16.6. The lowest BCUT2D eigenvalue weighted by atomic mass is 9.76. The highest BCUT2D eigenvalue weighted by Crippen LogP contribution is 2.54. The third kappa shape index (κ3) is 2.38. The van der Waals surface area contributed by atoms with Gasteiger partial charge in [-0.05, 0) is 43.9 Å². The third-order valence-corrected chi connectivity index (χ3v) is 6.47. The first-order valence-electron chi connectivity index (χ1n) is 9.98. The lowest BCUT2D eigenvalue weighted by Gasteiger charge is -2.31. The highest BCUT2D eigenvalue weighted by Gasteiger charge is 2.70. The average molecular weight is 387 g/mol. The van der Waals surface area contributed by atoms with E-state index in [1.165, 1.54) is 23.1 Å². The molecule has 2 saturated heterocycles. The number of carbonyl (C=O) groups excluding carboxylic acids is 3. The van der Waals surface area contributed by atoms with E-state index in [9.17, 15) is 18.8 Å². The number of imide groups is 1. The van der Waals surface area contributed by atoms with E-state index in [1.807, 2.05) is 27.7 Å². The number of hydrogen-bond acceptors (Lipinski definition) is 4. The van der Waals surface area contributed by atoms with Gasteiger partial charge in [0.15, 0.2) is 0 Å². The molecule has 1 spiro atoms. The second-order valence-corrected chi connectivity index (χ2v) is 8.64. The molecule has 5 atom stereocenters. The number of likely N-dealkylation sites (tertiary alicyclic amines) is 1. The molecular weight excluding hydrogens is 361 g/mol. The molecular formula is C21H26FN3O3. The van der Waals surface area contributed by atoms with E-state index in [1.54, 1.807) is 0 Å². The fourth-order valence-corrected chi connectivity index (χ4v) is 5.12. The second-order valence-electron chi connectivity index (χ2n) is 8.64. The summed E-state index contributed by atoms with van der Waals surface area (Å²) in [5.74, 6) is -2.64. The number of anilines is 1. The van der Waals surface area contributed by atoms with E-state index in [0.717, 1.165) is 0 Å². The van der Waals surface area contributed by atoms with Gasteiger partial charge in [0.05, 0.1) is 11.8 Å². The smallest absolute Gasteiger partial charge is 0.250 e. The van der Waals surface area contributed by atoms with Crippen molar-refractivity contribution in [3.63, 3.8) is 0 Å². The summed E-state index contributed by atoms with van der Waals surface area (Å²) >= 11 is 0. The molecule has 1 aromatic rings. The van der Waals surface area contributed by atoms with Crippen molar-refractivity contribution >= 4 is 23.4 Å². The first kappa shape index (κ1) is 19.1. The molecule has 6 nitrogen and oxygen atoms in total. The van der Waals surface area contributed by atoms with Crippen LogP contribution in [-0.2, 0) is 19.9 Å². The van der Waals surface area contributed by atoms with Crippen LogP contribution in [0.1, 0.15) is 46.1 Å². The Kier molecular flexibility index (Phi) is 4.34. The van der Waals surface area contributed by atoms with Crippen LogP contribution < -0.4 is 10.6 Å². The fraction of sp³-hybridized carbons (Fsp3) is 0.571. The normalized spacial score (nSPS) is 32.3. The summed E-state index contributed by atoms with van der Waals surface area (Å²) in [6.45, 7) is 7.85. The van der Waals surface area contributed by atoms with Crippen LogP contribution in [0.2, 0.25) is 0 Å². The van der Waals surface area contributed by atoms with Gasteiger partial charge in [-0.1, -0.05) is 20.8 Å². The summed E-state index contributed by atoms with van der Waals surface area (Å²) in [6.07, 6.45) is 1.29. The number of halogens is 1. The largest absolute Gasteiger partial charge is 0.324 e. The van der Waals surface area contributed by atoms with E-state index in [0.29, 0.717) is 24.1 Å². The van der Waals surface area contributed by atoms with E-state index < -0.39 is 23.2 Å². The van der Waals surface area contributed by atoms with Crippen LogP contribution in [0.3, 0.4) is 0 Å². The van der Waals surface area contributed by atoms with Crippen molar-refractivity contribution in [3.8, 4) is 0 Å². The molecule has 3 aliphatic rings. The maximum Gasteiger partial charge on any atom is 0.250 e. The first-order valence-corrected chi connectivity index (χ1v) is 9.98. The Hall–Kier alpha value is -2.28. The highest BCUT2D eigenvalue weighted by molar-refractivity contribution is 6.15. The van der Waals surface area contributed by atoms with Gasteiger partial charge in [0.2, 0.25) is 17.7 Å². The standard InChI is InChI=1S/C21H26FN3O3/c1-5-11(4)25-18(26)16-15(8-10(2)3)24-21(17(16)19(25)27)13-9-12(22)6-7-14(13)23-20(21)28/h6-7,9-11,15-17,24H,5,8H2,1-4H3,(H,23,28)/t11-,15-,16+,17-,21+/m0/s1. The molecule has 2 fully saturated rings. The van der Waals surface area contributed by atoms with Crippen molar-refractivity contribution < 1.29 is 18.8 Å². The SMILES string of the molecule is CC[C@H](C)N1C(=O)[C@@H]2[C@H](CC(C)C)N[C@@]3(C(=O)Nc4ccc(F)cc43)[C@@H]2C1=O. The molecule has 0 aliphatic carbocycles. The maximum atomic E-state index is 14.1. The van der Waals surface area contributed by atoms with Gasteiger partial charge in [-0.2, -0.15) is 0 Å². The van der Waals surface area contributed by atoms with Gasteiger partial charge in [0, 0.05) is 23.3 Å². The van der Waals surface area contributed by atoms with Crippen molar-refractivity contribution in [1.29, 1.82) is 0 Å². The minimum absolute atomic E-state index is 0.225. The van der Waals surface area contributed by atoms with Crippen molar-refractivity contribution in [2.75, 3.05) is 5.32 Å². The van der Waals surface area contributed by atoms with Gasteiger partial charge >= 0.3 is 0 Å². The quantitative estimate of drug-likeness (QED) is 0.778. The van der Waals surface area contributed by atoms with Crippen molar-refractivity contribution in [2.45, 2.75) is 58.2 Å². The number of fused-ring (bicyclic) bond motifs is 4. The van der Waals surface area contributed by atoms with Crippen LogP contribution in [0, 0.1) is 23.6 Å². The summed E-state index contributed by atoms with van der Waals surface area (Å²) in [6, 6.07) is 3.54. The molecule has 28 heavy (non-hydrogen) atoms. The molecule has 7 heteroatoms. The molecule has 2 N–H and O–H groups in total. The molecule has 0 bridgehead atoms. The van der Waals surface area contributed by atoms with E-state index in [-0.39, 0.29) is 35.7 Å². The van der Waals surface area contributed by atoms with Crippen LogP contribution in [-0.4, -0.2) is 34.7 Å². The highest BCUT2D eigenvalue weighted by atomic mass is 19.1. The summed E-state index contributed by atoms with van der Waals surface area (Å²) in [5, 5.41) is 6.11. The van der Waals surface area contributed by atoms with Crippen molar-refractivity contribution in [3.05, 3.63) is 29.6 Å². The monoisotopic (exact) mass is 387 g/mol.